The summed E-state index contributed by atoms with van der Waals surface area (Å²) in [5.74, 6) is 4.81. The third kappa shape index (κ3) is 2.47. The maximum absolute atomic E-state index is 12.4. The van der Waals surface area contributed by atoms with Crippen LogP contribution < -0.4 is 5.84 Å². The highest BCUT2D eigenvalue weighted by molar-refractivity contribution is 9.10. The lowest BCUT2D eigenvalue weighted by Crippen LogP contribution is -2.09. The molecule has 0 aliphatic rings. The molecule has 0 aromatic heterocycles. The van der Waals surface area contributed by atoms with Crippen LogP contribution in [-0.4, -0.2) is 6.21 Å². The van der Waals surface area contributed by atoms with Gasteiger partial charge in [0.15, 0.2) is 0 Å². The van der Waals surface area contributed by atoms with Gasteiger partial charge in [0.05, 0.1) is 11.8 Å². The van der Waals surface area contributed by atoms with E-state index in [4.69, 9.17) is 5.84 Å². The van der Waals surface area contributed by atoms with E-state index < -0.39 is 11.7 Å². The molecule has 0 aliphatic heterocycles. The Morgan fingerprint density at radius 1 is 1.36 bits per heavy atom. The van der Waals surface area contributed by atoms with E-state index in [2.05, 4.69) is 21.0 Å². The molecule has 6 heteroatoms. The van der Waals surface area contributed by atoms with E-state index in [1.54, 1.807) is 0 Å². The van der Waals surface area contributed by atoms with Crippen molar-refractivity contribution in [3.63, 3.8) is 0 Å². The van der Waals surface area contributed by atoms with Crippen LogP contribution in [-0.2, 0) is 6.18 Å². The average molecular weight is 267 g/mol. The average Bonchev–Trinajstić information content (AvgIpc) is 2.02. The van der Waals surface area contributed by atoms with Crippen molar-refractivity contribution in [2.45, 2.75) is 6.18 Å². The first-order valence-electron chi connectivity index (χ1n) is 3.55. The second-order valence-corrected chi connectivity index (χ2v) is 3.42. The number of benzene rings is 1. The van der Waals surface area contributed by atoms with E-state index in [1.807, 2.05) is 0 Å². The molecule has 0 fully saturated rings. The summed E-state index contributed by atoms with van der Waals surface area (Å²) < 4.78 is 37.7. The van der Waals surface area contributed by atoms with Gasteiger partial charge in [-0.3, -0.25) is 0 Å². The van der Waals surface area contributed by atoms with E-state index in [9.17, 15) is 13.2 Å². The van der Waals surface area contributed by atoms with Crippen molar-refractivity contribution < 1.29 is 13.2 Å². The number of halogens is 4. The van der Waals surface area contributed by atoms with Crippen molar-refractivity contribution in [2.75, 3.05) is 0 Å². The quantitative estimate of drug-likeness (QED) is 0.474. The third-order valence-corrected chi connectivity index (χ3v) is 2.03. The normalized spacial score (nSPS) is 12.3. The Labute approximate surface area is 86.7 Å². The number of rotatable bonds is 1. The Kier molecular flexibility index (Phi) is 3.15. The second-order valence-electron chi connectivity index (χ2n) is 2.51. The summed E-state index contributed by atoms with van der Waals surface area (Å²) in [5, 5.41) is 3.08. The minimum atomic E-state index is -4.39. The molecular formula is C8H6BrF3N2. The first-order chi connectivity index (χ1) is 6.45. The van der Waals surface area contributed by atoms with E-state index in [1.165, 1.54) is 12.1 Å². The lowest BCUT2D eigenvalue weighted by atomic mass is 10.1. The largest absolute Gasteiger partial charge is 0.417 e. The molecule has 0 amide bonds. The van der Waals surface area contributed by atoms with Crippen LogP contribution in [0.4, 0.5) is 13.2 Å². The van der Waals surface area contributed by atoms with Crippen LogP contribution in [0, 0.1) is 0 Å². The van der Waals surface area contributed by atoms with E-state index in [0.717, 1.165) is 12.3 Å². The van der Waals surface area contributed by atoms with Gasteiger partial charge in [-0.2, -0.15) is 18.3 Å². The van der Waals surface area contributed by atoms with Crippen LogP contribution >= 0.6 is 15.9 Å². The second kappa shape index (κ2) is 4.00. The topological polar surface area (TPSA) is 38.4 Å². The number of nitrogens with two attached hydrogens (primary N) is 1. The summed E-state index contributed by atoms with van der Waals surface area (Å²) in [5.41, 5.74) is -0.815. The molecule has 0 unspecified atom stereocenters. The molecule has 1 aromatic rings. The van der Waals surface area contributed by atoms with Crippen molar-refractivity contribution in [1.82, 2.24) is 0 Å². The zero-order valence-electron chi connectivity index (χ0n) is 6.85. The molecule has 0 bridgehead atoms. The van der Waals surface area contributed by atoms with Crippen LogP contribution in [0.5, 0.6) is 0 Å². The third-order valence-electron chi connectivity index (χ3n) is 1.53. The molecule has 0 heterocycles. The highest BCUT2D eigenvalue weighted by Gasteiger charge is 2.32. The summed E-state index contributed by atoms with van der Waals surface area (Å²) in [6.07, 6.45) is -3.43. The van der Waals surface area contributed by atoms with Gasteiger partial charge in [0.2, 0.25) is 0 Å². The zero-order chi connectivity index (χ0) is 10.8. The van der Waals surface area contributed by atoms with Gasteiger partial charge in [-0.15, -0.1) is 0 Å². The van der Waals surface area contributed by atoms with Gasteiger partial charge in [-0.25, -0.2) is 0 Å². The lowest BCUT2D eigenvalue weighted by Gasteiger charge is -2.09. The van der Waals surface area contributed by atoms with Gasteiger partial charge in [0.25, 0.3) is 0 Å². The van der Waals surface area contributed by atoms with E-state index >= 15 is 0 Å². The monoisotopic (exact) mass is 266 g/mol. The number of hydrogen-bond donors (Lipinski definition) is 1. The molecule has 2 N–H and O–H groups in total. The molecule has 0 atom stereocenters. The first-order valence-corrected chi connectivity index (χ1v) is 4.34. The van der Waals surface area contributed by atoms with Crippen molar-refractivity contribution in [1.29, 1.82) is 0 Å². The predicted molar refractivity (Wildman–Crippen MR) is 50.9 cm³/mol. The maximum Gasteiger partial charge on any atom is 0.417 e. The fourth-order valence-electron chi connectivity index (χ4n) is 0.979. The fraction of sp³-hybridized carbons (Fsp3) is 0.125. The number of nitrogens with zero attached hydrogens (tertiary/aromatic N) is 1. The predicted octanol–water partition coefficient (Wildman–Crippen LogP) is 2.76. The molecule has 2 nitrogen and oxygen atoms in total. The number of alkyl halides is 3. The van der Waals surface area contributed by atoms with Gasteiger partial charge in [-0.1, -0.05) is 15.9 Å². The van der Waals surface area contributed by atoms with Crippen LogP contribution in [0.3, 0.4) is 0 Å². The minimum Gasteiger partial charge on any atom is -0.323 e. The lowest BCUT2D eigenvalue weighted by molar-refractivity contribution is -0.137. The highest BCUT2D eigenvalue weighted by Crippen LogP contribution is 2.32. The Balaban J connectivity index is 3.29. The van der Waals surface area contributed by atoms with Crippen LogP contribution in [0.2, 0.25) is 0 Å². The fourth-order valence-corrected chi connectivity index (χ4v) is 1.36. The summed E-state index contributed by atoms with van der Waals surface area (Å²) in [6, 6.07) is 3.59. The Bertz CT molecular complexity index is 360. The zero-order valence-corrected chi connectivity index (χ0v) is 8.43. The van der Waals surface area contributed by atoms with Crippen LogP contribution in [0.15, 0.2) is 27.8 Å². The highest BCUT2D eigenvalue weighted by atomic mass is 79.9. The van der Waals surface area contributed by atoms with E-state index in [-0.39, 0.29) is 5.56 Å². The van der Waals surface area contributed by atoms with E-state index in [0.29, 0.717) is 4.47 Å². The molecule has 0 saturated carbocycles. The molecule has 76 valence electrons. The smallest absolute Gasteiger partial charge is 0.323 e. The van der Waals surface area contributed by atoms with Gasteiger partial charge in [-0.05, 0) is 18.2 Å². The van der Waals surface area contributed by atoms with Gasteiger partial charge in [0, 0.05) is 10.0 Å². The Morgan fingerprint density at radius 2 is 2.00 bits per heavy atom. The summed E-state index contributed by atoms with van der Waals surface area (Å²) in [4.78, 5) is 0. The molecule has 0 aliphatic carbocycles. The van der Waals surface area contributed by atoms with Gasteiger partial charge in [0.1, 0.15) is 0 Å². The maximum atomic E-state index is 12.4. The molecule has 14 heavy (non-hydrogen) atoms. The molecule has 0 radical (unpaired) electrons. The molecule has 0 spiro atoms. The van der Waals surface area contributed by atoms with Crippen molar-refractivity contribution in [3.8, 4) is 0 Å². The van der Waals surface area contributed by atoms with Crippen molar-refractivity contribution in [3.05, 3.63) is 33.8 Å². The summed E-state index contributed by atoms with van der Waals surface area (Å²) in [6.45, 7) is 0. The molecule has 1 aromatic carbocycles. The van der Waals surface area contributed by atoms with Crippen molar-refractivity contribution >= 4 is 22.1 Å². The van der Waals surface area contributed by atoms with Crippen molar-refractivity contribution in [2.24, 2.45) is 10.9 Å². The summed E-state index contributed by atoms with van der Waals surface area (Å²) >= 11 is 3.06. The van der Waals surface area contributed by atoms with Crippen LogP contribution in [0.25, 0.3) is 0 Å². The Morgan fingerprint density at radius 3 is 2.50 bits per heavy atom. The van der Waals surface area contributed by atoms with Crippen LogP contribution in [0.1, 0.15) is 11.1 Å². The van der Waals surface area contributed by atoms with Gasteiger partial charge < -0.3 is 5.84 Å². The number of hydrazone groups is 1. The van der Waals surface area contributed by atoms with Gasteiger partial charge >= 0.3 is 6.18 Å². The minimum absolute atomic E-state index is 0.0608. The Hall–Kier alpha value is -1.04. The first kappa shape index (κ1) is 11.0. The summed E-state index contributed by atoms with van der Waals surface area (Å²) in [7, 11) is 0. The molecular weight excluding hydrogens is 261 g/mol. The number of hydrogen-bond acceptors (Lipinski definition) is 2. The standard InChI is InChI=1S/C8H6BrF3N2/c9-6-1-2-7(8(10,11)12)5(3-6)4-14-13/h1-4H,13H2. The SMILES string of the molecule is NN=Cc1cc(Br)ccc1C(F)(F)F. The molecule has 0 saturated heterocycles. The molecule has 1 rings (SSSR count).